The number of piperidine rings is 1. The molecule has 0 saturated carbocycles. The van der Waals surface area contributed by atoms with E-state index in [2.05, 4.69) is 20.0 Å². The minimum atomic E-state index is -4.81. The number of amides is 1. The first-order valence-electron chi connectivity index (χ1n) is 12.5. The normalized spacial score (nSPS) is 15.0. The van der Waals surface area contributed by atoms with Crippen LogP contribution >= 0.6 is 11.3 Å². The van der Waals surface area contributed by atoms with Gasteiger partial charge in [-0.05, 0) is 43.2 Å². The van der Waals surface area contributed by atoms with Crippen LogP contribution in [0.1, 0.15) is 36.0 Å². The largest absolute Gasteiger partial charge is 0.573 e. The van der Waals surface area contributed by atoms with Crippen LogP contribution in [0, 0.1) is 5.92 Å². The molecular formula is C26H23F6N5O3S. The predicted octanol–water partition coefficient (Wildman–Crippen LogP) is 6.59. The highest BCUT2D eigenvalue weighted by atomic mass is 32.1. The summed E-state index contributed by atoms with van der Waals surface area (Å²) in [7, 11) is 1.74. The van der Waals surface area contributed by atoms with Crippen molar-refractivity contribution in [2.24, 2.45) is 13.0 Å². The number of Topliss-reactive ketones (excluding diaryl/α,β-unsaturated/α-hetero) is 1. The van der Waals surface area contributed by atoms with Gasteiger partial charge in [-0.15, -0.1) is 13.2 Å². The van der Waals surface area contributed by atoms with Crippen molar-refractivity contribution in [3.63, 3.8) is 0 Å². The quantitative estimate of drug-likeness (QED) is 0.191. The first-order chi connectivity index (χ1) is 19.3. The second-order valence-electron chi connectivity index (χ2n) is 9.64. The molecule has 0 spiro atoms. The number of likely N-dealkylation sites (tertiary alicyclic amines) is 1. The molecule has 1 saturated heterocycles. The average Bonchev–Trinajstić information content (AvgIpc) is 3.44. The molecule has 1 fully saturated rings. The van der Waals surface area contributed by atoms with Gasteiger partial charge < -0.3 is 19.5 Å². The number of carbonyl (C=O) groups is 2. The second-order valence-corrected chi connectivity index (χ2v) is 10.7. The monoisotopic (exact) mass is 599 g/mol. The van der Waals surface area contributed by atoms with E-state index in [1.807, 2.05) is 0 Å². The molecule has 5 rings (SSSR count). The van der Waals surface area contributed by atoms with Crippen LogP contribution in [0.2, 0.25) is 0 Å². The number of thiazole rings is 1. The predicted molar refractivity (Wildman–Crippen MR) is 139 cm³/mol. The average molecular weight is 600 g/mol. The third-order valence-corrected chi connectivity index (χ3v) is 7.83. The number of anilines is 2. The van der Waals surface area contributed by atoms with E-state index in [9.17, 15) is 35.9 Å². The van der Waals surface area contributed by atoms with Crippen molar-refractivity contribution < 1.29 is 40.7 Å². The zero-order valence-electron chi connectivity index (χ0n) is 21.5. The summed E-state index contributed by atoms with van der Waals surface area (Å²) in [5, 5.41) is 3.43. The number of rotatable bonds is 7. The van der Waals surface area contributed by atoms with Gasteiger partial charge in [0.25, 0.3) is 0 Å². The van der Waals surface area contributed by atoms with Crippen LogP contribution in [0.3, 0.4) is 0 Å². The number of alkyl halides is 6. The van der Waals surface area contributed by atoms with E-state index in [1.54, 1.807) is 29.8 Å². The number of aromatic nitrogens is 3. The van der Waals surface area contributed by atoms with E-state index in [0.29, 0.717) is 37.9 Å². The van der Waals surface area contributed by atoms with Crippen molar-refractivity contribution in [3.8, 4) is 5.75 Å². The number of fused-ring (bicyclic) bond motifs is 2. The van der Waals surface area contributed by atoms with Gasteiger partial charge in [0.15, 0.2) is 10.9 Å². The van der Waals surface area contributed by atoms with Crippen molar-refractivity contribution in [3.05, 3.63) is 42.0 Å². The number of ether oxygens (including phenoxy) is 1. The zero-order chi connectivity index (χ0) is 29.5. The van der Waals surface area contributed by atoms with Crippen molar-refractivity contribution in [1.82, 2.24) is 19.4 Å². The van der Waals surface area contributed by atoms with E-state index < -0.39 is 18.5 Å². The Morgan fingerprint density at radius 1 is 1.00 bits per heavy atom. The molecule has 0 bridgehead atoms. The summed E-state index contributed by atoms with van der Waals surface area (Å²) in [6.07, 6.45) is -9.54. The third kappa shape index (κ3) is 6.55. The summed E-state index contributed by atoms with van der Waals surface area (Å²) in [5.74, 6) is -2.02. The van der Waals surface area contributed by atoms with Gasteiger partial charge >= 0.3 is 12.5 Å². The highest BCUT2D eigenvalue weighted by Gasteiger charge is 2.41. The number of imidazole rings is 1. The molecule has 0 unspecified atom stereocenters. The molecule has 0 aliphatic carbocycles. The molecule has 3 heterocycles. The SMILES string of the molecule is Cn1c(Nc2nc3ccc(OC(F)(F)F)cc3s2)nc2cc(C(=O)CCC(=O)N3CCC(C(F)(F)F)CC3)ccc21. The minimum absolute atomic E-state index is 0.0179. The number of aryl methyl sites for hydroxylation is 1. The van der Waals surface area contributed by atoms with E-state index in [4.69, 9.17) is 0 Å². The number of ketones is 1. The van der Waals surface area contributed by atoms with Gasteiger partial charge in [0.1, 0.15) is 5.75 Å². The van der Waals surface area contributed by atoms with E-state index >= 15 is 0 Å². The lowest BCUT2D eigenvalue weighted by Gasteiger charge is -2.33. The topological polar surface area (TPSA) is 89.3 Å². The summed E-state index contributed by atoms with van der Waals surface area (Å²) in [6.45, 7) is 0.0358. The first-order valence-corrected chi connectivity index (χ1v) is 13.4. The summed E-state index contributed by atoms with van der Waals surface area (Å²) < 4.78 is 82.3. The lowest BCUT2D eigenvalue weighted by atomic mass is 9.96. The number of nitrogens with zero attached hydrogens (tertiary/aromatic N) is 4. The molecule has 41 heavy (non-hydrogen) atoms. The molecule has 2 aromatic heterocycles. The Hall–Kier alpha value is -3.88. The maximum atomic E-state index is 12.9. The molecule has 8 nitrogen and oxygen atoms in total. The molecular weight excluding hydrogens is 576 g/mol. The Balaban J connectivity index is 1.23. The van der Waals surface area contributed by atoms with E-state index in [-0.39, 0.29) is 56.2 Å². The van der Waals surface area contributed by atoms with Crippen LogP contribution in [0.4, 0.5) is 37.4 Å². The Labute approximate surface area is 232 Å². The van der Waals surface area contributed by atoms with Crippen LogP contribution in [0.15, 0.2) is 36.4 Å². The first kappa shape index (κ1) is 28.6. The highest BCUT2D eigenvalue weighted by Crippen LogP contribution is 2.35. The van der Waals surface area contributed by atoms with E-state index in [0.717, 1.165) is 11.3 Å². The second kappa shape index (κ2) is 10.8. The molecule has 1 aliphatic heterocycles. The Kier molecular flexibility index (Phi) is 7.57. The van der Waals surface area contributed by atoms with Crippen molar-refractivity contribution in [2.75, 3.05) is 18.4 Å². The molecule has 15 heteroatoms. The molecule has 0 radical (unpaired) electrons. The molecule has 2 aromatic carbocycles. The number of halogens is 6. The van der Waals surface area contributed by atoms with Crippen LogP contribution < -0.4 is 10.1 Å². The third-order valence-electron chi connectivity index (χ3n) is 6.89. The van der Waals surface area contributed by atoms with Gasteiger partial charge in [-0.1, -0.05) is 11.3 Å². The number of hydrogen-bond donors (Lipinski definition) is 1. The van der Waals surface area contributed by atoms with Gasteiger partial charge in [0.05, 0.1) is 27.2 Å². The highest BCUT2D eigenvalue weighted by molar-refractivity contribution is 7.22. The molecule has 1 N–H and O–H groups in total. The number of benzene rings is 2. The maximum Gasteiger partial charge on any atom is 0.573 e. The molecule has 1 aliphatic rings. The molecule has 1 amide bonds. The number of carbonyl (C=O) groups excluding carboxylic acids is 2. The summed E-state index contributed by atoms with van der Waals surface area (Å²) >= 11 is 1.11. The summed E-state index contributed by atoms with van der Waals surface area (Å²) in [5.41, 5.74) is 1.99. The van der Waals surface area contributed by atoms with Gasteiger partial charge in [-0.3, -0.25) is 9.59 Å². The molecule has 0 atom stereocenters. The Bertz CT molecular complexity index is 1600. The van der Waals surface area contributed by atoms with Crippen molar-refractivity contribution >= 4 is 55.4 Å². The fourth-order valence-electron chi connectivity index (χ4n) is 4.72. The lowest BCUT2D eigenvalue weighted by molar-refractivity contribution is -0.274. The zero-order valence-corrected chi connectivity index (χ0v) is 22.3. The summed E-state index contributed by atoms with van der Waals surface area (Å²) in [6, 6.07) is 8.73. The van der Waals surface area contributed by atoms with Crippen LogP contribution in [-0.2, 0) is 11.8 Å². The Morgan fingerprint density at radius 2 is 1.73 bits per heavy atom. The summed E-state index contributed by atoms with van der Waals surface area (Å²) in [4.78, 5) is 35.5. The maximum absolute atomic E-state index is 12.9. The van der Waals surface area contributed by atoms with Crippen LogP contribution in [0.25, 0.3) is 21.3 Å². The number of nitrogens with one attached hydrogen (secondary N) is 1. The Morgan fingerprint density at radius 3 is 2.41 bits per heavy atom. The fraction of sp³-hybridized carbons (Fsp3) is 0.385. The van der Waals surface area contributed by atoms with E-state index in [1.165, 1.54) is 23.1 Å². The standard InChI is InChI=1S/C26H23F6N5O3S/c1-36-19-5-2-14(20(38)6-7-22(39)37-10-8-15(9-11-37)25(27,28)29)12-18(19)33-23(36)35-24-34-17-4-3-16(13-21(17)41-24)40-26(30,31)32/h2-5,12-13,15H,6-11H2,1H3,(H,33,34,35). The lowest BCUT2D eigenvalue weighted by Crippen LogP contribution is -2.42. The minimum Gasteiger partial charge on any atom is -0.406 e. The van der Waals surface area contributed by atoms with Crippen molar-refractivity contribution in [2.45, 2.75) is 38.2 Å². The molecule has 218 valence electrons. The number of hydrogen-bond acceptors (Lipinski definition) is 7. The smallest absolute Gasteiger partial charge is 0.406 e. The van der Waals surface area contributed by atoms with Gasteiger partial charge in [0.2, 0.25) is 11.9 Å². The molecule has 4 aromatic rings. The van der Waals surface area contributed by atoms with Crippen LogP contribution in [0.5, 0.6) is 5.75 Å². The van der Waals surface area contributed by atoms with Crippen molar-refractivity contribution in [1.29, 1.82) is 0 Å². The fourth-order valence-corrected chi connectivity index (χ4v) is 5.60. The van der Waals surface area contributed by atoms with Gasteiger partial charge in [0, 0.05) is 44.6 Å². The van der Waals surface area contributed by atoms with Gasteiger partial charge in [-0.25, -0.2) is 9.97 Å². The van der Waals surface area contributed by atoms with Crippen LogP contribution in [-0.4, -0.2) is 56.8 Å². The van der Waals surface area contributed by atoms with Gasteiger partial charge in [-0.2, -0.15) is 13.2 Å².